The molecule has 1 aromatic carbocycles. The number of para-hydroxylation sites is 1. The number of nitrogens with one attached hydrogen (secondary N) is 1. The fourth-order valence-electron chi connectivity index (χ4n) is 3.19. The van der Waals surface area contributed by atoms with Crippen molar-refractivity contribution >= 4 is 41.5 Å². The Morgan fingerprint density at radius 1 is 0.875 bits per heavy atom. The minimum Gasteiger partial charge on any atom is -0.373 e. The molecule has 1 aromatic rings. The zero-order chi connectivity index (χ0) is 15.7. The maximum Gasteiger partial charge on any atom is 0.227 e. The average Bonchev–Trinajstić information content (AvgIpc) is 2.58. The van der Waals surface area contributed by atoms with E-state index in [0.717, 1.165) is 43.5 Å². The Kier molecular flexibility index (Phi) is 8.56. The standard InChI is InChI=1S/C19H28N4.HI/c1-2-8-14-20-18(13-7-1)22-19(23-15-9-4-10-16-23)21-17-11-5-3-6-12-17;/h3,5-6,11-12H,1-2,4,7-10,13-16H2,(H,20,21,22);1H. The third-order valence-corrected chi connectivity index (χ3v) is 4.53. The second-order valence-corrected chi connectivity index (χ2v) is 6.44. The highest BCUT2D eigenvalue weighted by molar-refractivity contribution is 14.0. The van der Waals surface area contributed by atoms with Crippen LogP contribution in [0.15, 0.2) is 40.3 Å². The summed E-state index contributed by atoms with van der Waals surface area (Å²) in [6.45, 7) is 3.18. The maximum atomic E-state index is 4.94. The number of halogens is 1. The molecule has 2 aliphatic rings. The largest absolute Gasteiger partial charge is 0.373 e. The first-order valence-corrected chi connectivity index (χ1v) is 9.12. The number of piperidine rings is 1. The number of guanidine groups is 1. The summed E-state index contributed by atoms with van der Waals surface area (Å²) in [6, 6.07) is 10.2. The molecule has 5 heteroatoms. The van der Waals surface area contributed by atoms with E-state index >= 15 is 0 Å². The van der Waals surface area contributed by atoms with Crippen molar-refractivity contribution in [3.8, 4) is 0 Å². The van der Waals surface area contributed by atoms with Crippen molar-refractivity contribution in [1.82, 2.24) is 10.2 Å². The SMILES string of the molecule is I.c1ccc(N=C(N=C2CCCCCCN2)N2CCCCC2)cc1. The Hall–Kier alpha value is -1.11. The summed E-state index contributed by atoms with van der Waals surface area (Å²) in [7, 11) is 0. The van der Waals surface area contributed by atoms with Gasteiger partial charge in [-0.2, -0.15) is 0 Å². The van der Waals surface area contributed by atoms with Crippen LogP contribution in [0.1, 0.15) is 51.4 Å². The quantitative estimate of drug-likeness (QED) is 0.390. The molecule has 0 spiro atoms. The van der Waals surface area contributed by atoms with Crippen LogP contribution in [0.5, 0.6) is 0 Å². The fourth-order valence-corrected chi connectivity index (χ4v) is 3.19. The lowest BCUT2D eigenvalue weighted by Crippen LogP contribution is -2.37. The van der Waals surface area contributed by atoms with Gasteiger partial charge in [0.2, 0.25) is 5.96 Å². The van der Waals surface area contributed by atoms with Crippen molar-refractivity contribution < 1.29 is 0 Å². The van der Waals surface area contributed by atoms with Gasteiger partial charge >= 0.3 is 0 Å². The summed E-state index contributed by atoms with van der Waals surface area (Å²) in [6.07, 6.45) is 9.97. The summed E-state index contributed by atoms with van der Waals surface area (Å²) >= 11 is 0. The maximum absolute atomic E-state index is 4.94. The fraction of sp³-hybridized carbons (Fsp3) is 0.579. The van der Waals surface area contributed by atoms with E-state index in [-0.39, 0.29) is 24.0 Å². The van der Waals surface area contributed by atoms with Crippen molar-refractivity contribution in [2.24, 2.45) is 9.98 Å². The van der Waals surface area contributed by atoms with Gasteiger partial charge in [0, 0.05) is 26.1 Å². The van der Waals surface area contributed by atoms with Gasteiger partial charge in [-0.3, -0.25) is 0 Å². The van der Waals surface area contributed by atoms with Crippen LogP contribution in [-0.4, -0.2) is 36.3 Å². The summed E-state index contributed by atoms with van der Waals surface area (Å²) in [5.41, 5.74) is 0.989. The summed E-state index contributed by atoms with van der Waals surface area (Å²) in [5, 5.41) is 3.52. The molecule has 0 amide bonds. The van der Waals surface area contributed by atoms with Gasteiger partial charge in [0.15, 0.2) is 0 Å². The summed E-state index contributed by atoms with van der Waals surface area (Å²) < 4.78 is 0. The molecule has 0 saturated carbocycles. The zero-order valence-electron chi connectivity index (χ0n) is 14.4. The van der Waals surface area contributed by atoms with Crippen LogP contribution in [0.4, 0.5) is 5.69 Å². The Balaban J connectivity index is 0.00000208. The predicted octanol–water partition coefficient (Wildman–Crippen LogP) is 4.73. The Bertz CT molecular complexity index is 526. The zero-order valence-corrected chi connectivity index (χ0v) is 16.7. The number of rotatable bonds is 1. The molecule has 4 nitrogen and oxygen atoms in total. The third kappa shape index (κ3) is 6.07. The number of hydrogen-bond acceptors (Lipinski definition) is 1. The molecule has 2 saturated heterocycles. The number of likely N-dealkylation sites (tertiary alicyclic amines) is 1. The first-order chi connectivity index (χ1) is 11.4. The van der Waals surface area contributed by atoms with Crippen molar-refractivity contribution in [1.29, 1.82) is 0 Å². The Morgan fingerprint density at radius 2 is 1.58 bits per heavy atom. The molecule has 0 radical (unpaired) electrons. The first-order valence-electron chi connectivity index (χ1n) is 9.12. The second kappa shape index (κ2) is 10.7. The van der Waals surface area contributed by atoms with Gasteiger partial charge in [0.1, 0.15) is 5.84 Å². The highest BCUT2D eigenvalue weighted by Gasteiger charge is 2.16. The number of amidine groups is 1. The monoisotopic (exact) mass is 440 g/mol. The Labute approximate surface area is 162 Å². The molecule has 2 fully saturated rings. The van der Waals surface area contributed by atoms with Gasteiger partial charge in [-0.25, -0.2) is 9.98 Å². The normalized spacial score (nSPS) is 21.4. The minimum atomic E-state index is 0. The van der Waals surface area contributed by atoms with Gasteiger partial charge < -0.3 is 10.2 Å². The van der Waals surface area contributed by atoms with Gasteiger partial charge in [-0.1, -0.05) is 31.0 Å². The van der Waals surface area contributed by atoms with Crippen molar-refractivity contribution in [2.45, 2.75) is 51.4 Å². The molecule has 2 heterocycles. The molecule has 132 valence electrons. The van der Waals surface area contributed by atoms with E-state index in [1.165, 1.54) is 44.9 Å². The molecule has 0 unspecified atom stereocenters. The topological polar surface area (TPSA) is 40.0 Å². The lowest BCUT2D eigenvalue weighted by Gasteiger charge is -2.28. The van der Waals surface area contributed by atoms with Crippen LogP contribution < -0.4 is 5.32 Å². The lowest BCUT2D eigenvalue weighted by atomic mass is 10.1. The smallest absolute Gasteiger partial charge is 0.227 e. The van der Waals surface area contributed by atoms with E-state index in [4.69, 9.17) is 9.98 Å². The van der Waals surface area contributed by atoms with Gasteiger partial charge in [-0.05, 0) is 44.2 Å². The lowest BCUT2D eigenvalue weighted by molar-refractivity contribution is 0.339. The molecule has 0 atom stereocenters. The average molecular weight is 440 g/mol. The molecule has 24 heavy (non-hydrogen) atoms. The number of aliphatic imine (C=N–C) groups is 2. The predicted molar refractivity (Wildman–Crippen MR) is 113 cm³/mol. The van der Waals surface area contributed by atoms with Crippen molar-refractivity contribution in [2.75, 3.05) is 19.6 Å². The molecule has 3 rings (SSSR count). The van der Waals surface area contributed by atoms with Crippen molar-refractivity contribution in [3.63, 3.8) is 0 Å². The van der Waals surface area contributed by atoms with Crippen LogP contribution in [0.3, 0.4) is 0 Å². The molecular formula is C19H29IN4. The number of nitrogens with zero attached hydrogens (tertiary/aromatic N) is 3. The van der Waals surface area contributed by atoms with Gasteiger partial charge in [0.05, 0.1) is 5.69 Å². The van der Waals surface area contributed by atoms with Crippen molar-refractivity contribution in [3.05, 3.63) is 30.3 Å². The van der Waals surface area contributed by atoms with Crippen LogP contribution in [-0.2, 0) is 0 Å². The molecule has 0 bridgehead atoms. The Morgan fingerprint density at radius 3 is 2.38 bits per heavy atom. The van der Waals surface area contributed by atoms with E-state index in [0.29, 0.717) is 0 Å². The van der Waals surface area contributed by atoms with Gasteiger partial charge in [-0.15, -0.1) is 24.0 Å². The van der Waals surface area contributed by atoms with Crippen LogP contribution in [0.25, 0.3) is 0 Å². The van der Waals surface area contributed by atoms with Crippen LogP contribution in [0, 0.1) is 0 Å². The molecule has 0 aliphatic carbocycles. The van der Waals surface area contributed by atoms with E-state index in [1.807, 2.05) is 18.2 Å². The third-order valence-electron chi connectivity index (χ3n) is 4.53. The number of benzene rings is 1. The first kappa shape index (κ1) is 19.2. The van der Waals surface area contributed by atoms with Crippen LogP contribution >= 0.6 is 24.0 Å². The van der Waals surface area contributed by atoms with E-state index in [1.54, 1.807) is 0 Å². The van der Waals surface area contributed by atoms with Gasteiger partial charge in [0.25, 0.3) is 0 Å². The van der Waals surface area contributed by atoms with E-state index < -0.39 is 0 Å². The summed E-state index contributed by atoms with van der Waals surface area (Å²) in [4.78, 5) is 12.1. The molecular weight excluding hydrogens is 411 g/mol. The highest BCUT2D eigenvalue weighted by atomic mass is 127. The minimum absolute atomic E-state index is 0. The molecule has 0 aromatic heterocycles. The highest BCUT2D eigenvalue weighted by Crippen LogP contribution is 2.16. The molecule has 1 N–H and O–H groups in total. The van der Waals surface area contributed by atoms with E-state index in [9.17, 15) is 0 Å². The van der Waals surface area contributed by atoms with Crippen LogP contribution in [0.2, 0.25) is 0 Å². The van der Waals surface area contributed by atoms with E-state index in [2.05, 4.69) is 22.3 Å². The summed E-state index contributed by atoms with van der Waals surface area (Å²) in [5.74, 6) is 2.00. The molecule has 2 aliphatic heterocycles. The second-order valence-electron chi connectivity index (χ2n) is 6.44. The number of hydrogen-bond donors (Lipinski definition) is 1.